The van der Waals surface area contributed by atoms with Gasteiger partial charge in [0.05, 0.1) is 22.4 Å². The molecule has 4 nitrogen and oxygen atoms in total. The molecule has 12 aromatic rings. The molecule has 0 aliphatic carbocycles. The SMILES string of the molecule is [2H]C([2H])([2H])c1c[c-]c(-c2cc(CC(C)C)c([Si](C)(C)c3ccccc3)cn2)c(F)c1.[Ir].[c-]1cc(-c2ccccc2)c2c(oc3cc(-c4ccccc4)ccc32)c1-c1nc2ccccc2n1-c1ccc(-c2ccccc2)cc1. The molecule has 0 saturated heterocycles. The first-order chi connectivity index (χ1) is 36.8. The molecular formula is C67H54FIrN3OSi-2. The number of halogens is 1. The van der Waals surface area contributed by atoms with Crippen LogP contribution in [-0.2, 0) is 26.5 Å². The third-order valence-electron chi connectivity index (χ3n) is 13.7. The number of para-hydroxylation sites is 2. The molecule has 0 atom stereocenters. The van der Waals surface area contributed by atoms with E-state index in [0.29, 0.717) is 11.6 Å². The maximum absolute atomic E-state index is 14.7. The van der Waals surface area contributed by atoms with E-state index in [1.807, 2.05) is 42.6 Å². The van der Waals surface area contributed by atoms with Gasteiger partial charge in [-0.05, 0) is 81.2 Å². The average molecular weight is 1160 g/mol. The smallest absolute Gasteiger partial charge is 0.121 e. The number of furan rings is 1. The Morgan fingerprint density at radius 2 is 1.24 bits per heavy atom. The van der Waals surface area contributed by atoms with Gasteiger partial charge in [0.1, 0.15) is 13.7 Å². The second-order valence-electron chi connectivity index (χ2n) is 19.4. The molecule has 1 radical (unpaired) electrons. The Kier molecular flexibility index (Phi) is 13.3. The number of fused-ring (bicyclic) bond motifs is 4. The van der Waals surface area contributed by atoms with Gasteiger partial charge in [-0.25, -0.2) is 0 Å². The van der Waals surface area contributed by atoms with Gasteiger partial charge in [0, 0.05) is 47.3 Å². The zero-order valence-electron chi connectivity index (χ0n) is 44.5. The number of benzene rings is 9. The third kappa shape index (κ3) is 9.87. The molecule has 0 aliphatic rings. The Hall–Kier alpha value is -7.80. The summed E-state index contributed by atoms with van der Waals surface area (Å²) in [4.78, 5) is 9.78. The predicted molar refractivity (Wildman–Crippen MR) is 304 cm³/mol. The molecule has 7 heteroatoms. The van der Waals surface area contributed by atoms with Gasteiger partial charge in [0.2, 0.25) is 0 Å². The number of pyridine rings is 1. The van der Waals surface area contributed by atoms with E-state index in [1.54, 1.807) is 0 Å². The number of rotatable bonds is 10. The van der Waals surface area contributed by atoms with Crippen molar-refractivity contribution in [3.63, 3.8) is 0 Å². The fourth-order valence-electron chi connectivity index (χ4n) is 10.0. The van der Waals surface area contributed by atoms with Crippen molar-refractivity contribution in [2.24, 2.45) is 5.92 Å². The summed E-state index contributed by atoms with van der Waals surface area (Å²) >= 11 is 0. The molecule has 0 amide bonds. The van der Waals surface area contributed by atoms with Crippen LogP contribution in [0.15, 0.2) is 223 Å². The van der Waals surface area contributed by atoms with Gasteiger partial charge in [-0.15, -0.1) is 35.9 Å². The molecule has 3 heterocycles. The van der Waals surface area contributed by atoms with Crippen LogP contribution in [0.5, 0.6) is 0 Å². The number of hydrogen-bond donors (Lipinski definition) is 0. The minimum atomic E-state index is -2.36. The van der Waals surface area contributed by atoms with Crippen molar-refractivity contribution < 1.29 is 33.0 Å². The fourth-order valence-corrected chi connectivity index (χ4v) is 12.7. The molecule has 0 spiro atoms. The zero-order chi connectivity index (χ0) is 52.6. The van der Waals surface area contributed by atoms with Crippen molar-refractivity contribution >= 4 is 51.4 Å². The monoisotopic (exact) mass is 1160 g/mol. The van der Waals surface area contributed by atoms with Gasteiger partial charge in [-0.1, -0.05) is 231 Å². The molecule has 0 saturated carbocycles. The van der Waals surface area contributed by atoms with Gasteiger partial charge < -0.3 is 14.0 Å². The first-order valence-electron chi connectivity index (χ1n) is 26.2. The molecule has 9 aromatic carbocycles. The maximum Gasteiger partial charge on any atom is 0.121 e. The fraction of sp³-hybridized carbons (Fsp3) is 0.104. The molecule has 0 bridgehead atoms. The molecule has 0 aliphatic heterocycles. The van der Waals surface area contributed by atoms with Crippen LogP contribution in [-0.4, -0.2) is 22.6 Å². The van der Waals surface area contributed by atoms with E-state index in [1.165, 1.54) is 33.1 Å². The van der Waals surface area contributed by atoms with Crippen molar-refractivity contribution in [3.8, 4) is 61.7 Å². The Morgan fingerprint density at radius 3 is 1.91 bits per heavy atom. The second-order valence-corrected chi connectivity index (χ2v) is 23.8. The van der Waals surface area contributed by atoms with Gasteiger partial charge in [-0.2, -0.15) is 0 Å². The normalized spacial score (nSPS) is 12.2. The van der Waals surface area contributed by atoms with Gasteiger partial charge >= 0.3 is 0 Å². The van der Waals surface area contributed by atoms with Gasteiger partial charge in [0.25, 0.3) is 0 Å². The molecule has 0 N–H and O–H groups in total. The molecule has 0 fully saturated rings. The first kappa shape index (κ1) is 46.0. The maximum atomic E-state index is 14.7. The number of hydrogen-bond acceptors (Lipinski definition) is 3. The zero-order valence-corrected chi connectivity index (χ0v) is 44.9. The minimum Gasteiger partial charge on any atom is -0.500 e. The summed E-state index contributed by atoms with van der Waals surface area (Å²) < 4.78 is 46.2. The Morgan fingerprint density at radius 1 is 0.649 bits per heavy atom. The van der Waals surface area contributed by atoms with Crippen molar-refractivity contribution in [1.82, 2.24) is 14.5 Å². The van der Waals surface area contributed by atoms with Crippen LogP contribution >= 0.6 is 0 Å². The summed E-state index contributed by atoms with van der Waals surface area (Å²) in [7, 11) is -1.98. The molecule has 3 aromatic heterocycles. The quantitative estimate of drug-likeness (QED) is 0.101. The summed E-state index contributed by atoms with van der Waals surface area (Å²) in [6.45, 7) is 6.58. The van der Waals surface area contributed by atoms with Crippen molar-refractivity contribution in [2.45, 2.75) is 40.2 Å². The number of aryl methyl sites for hydroxylation is 1. The Balaban J connectivity index is 0.000000189. The molecule has 12 rings (SSSR count). The third-order valence-corrected chi connectivity index (χ3v) is 17.3. The van der Waals surface area contributed by atoms with Crippen LogP contribution in [0.1, 0.15) is 29.1 Å². The van der Waals surface area contributed by atoms with Crippen LogP contribution in [0.2, 0.25) is 13.1 Å². The summed E-state index contributed by atoms with van der Waals surface area (Å²) in [5, 5.41) is 4.70. The van der Waals surface area contributed by atoms with E-state index in [-0.39, 0.29) is 31.2 Å². The Labute approximate surface area is 451 Å². The molecule has 74 heavy (non-hydrogen) atoms. The van der Waals surface area contributed by atoms with E-state index in [4.69, 9.17) is 13.5 Å². The van der Waals surface area contributed by atoms with Crippen LogP contribution in [0.25, 0.3) is 94.7 Å². The predicted octanol–water partition coefficient (Wildman–Crippen LogP) is 16.4. The summed E-state index contributed by atoms with van der Waals surface area (Å²) in [5.41, 5.74) is 14.1. The number of imidazole rings is 1. The molecule has 365 valence electrons. The Bertz CT molecular complexity index is 4010. The van der Waals surface area contributed by atoms with Gasteiger partial charge in [0.15, 0.2) is 0 Å². The van der Waals surface area contributed by atoms with E-state index in [0.717, 1.165) is 84.8 Å². The van der Waals surface area contributed by atoms with Crippen molar-refractivity contribution in [3.05, 3.63) is 248 Å². The summed E-state index contributed by atoms with van der Waals surface area (Å²) in [6.07, 6.45) is 2.75. The topological polar surface area (TPSA) is 43.9 Å². The van der Waals surface area contributed by atoms with E-state index >= 15 is 0 Å². The van der Waals surface area contributed by atoms with Crippen LogP contribution in [0.3, 0.4) is 0 Å². The van der Waals surface area contributed by atoms with Crippen LogP contribution in [0, 0.1) is 30.7 Å². The van der Waals surface area contributed by atoms with E-state index in [9.17, 15) is 4.39 Å². The molecular weight excluding hydrogens is 1100 g/mol. The standard InChI is InChI=1S/C43H27N2O.C24H27FNSi.Ir/c1-4-12-29(13-5-1)31-20-23-34(24-21-31)45-39-19-11-10-18-38(39)44-43(45)37-27-26-35(32-16-8-3-9-17-32)41-36-25-22-33(28-40(36)46-42(37)41)30-14-6-2-7-15-30;1-17(2)13-19-15-23(21-12-11-18(3)14-22(21)25)26-16-24(19)27(4,5)20-9-7-6-8-10-20;/h1-26,28H;6-11,14-17H,13H2,1-5H3;/q2*-1;/i;3D3;. The minimum absolute atomic E-state index is 0. The average Bonchev–Trinajstić information content (AvgIpc) is 4.26. The van der Waals surface area contributed by atoms with Crippen molar-refractivity contribution in [1.29, 1.82) is 0 Å². The summed E-state index contributed by atoms with van der Waals surface area (Å²) in [6, 6.07) is 78.2. The van der Waals surface area contributed by atoms with Gasteiger partial charge in [-0.3, -0.25) is 9.37 Å². The first-order valence-corrected chi connectivity index (χ1v) is 27.7. The van der Waals surface area contributed by atoms with Crippen LogP contribution < -0.4 is 10.4 Å². The second kappa shape index (κ2) is 21.3. The van der Waals surface area contributed by atoms with Crippen molar-refractivity contribution in [2.75, 3.05) is 0 Å². The van der Waals surface area contributed by atoms with Crippen LogP contribution in [0.4, 0.5) is 4.39 Å². The largest absolute Gasteiger partial charge is 0.500 e. The number of aromatic nitrogens is 3. The summed E-state index contributed by atoms with van der Waals surface area (Å²) in [5.74, 6) is 0.617. The van der Waals surface area contributed by atoms with E-state index in [2.05, 4.69) is 212 Å². The van der Waals surface area contributed by atoms with E-state index < -0.39 is 20.7 Å². The molecule has 0 unspecified atom stereocenters. The number of nitrogens with zero attached hydrogens (tertiary/aromatic N) is 3.